The predicted molar refractivity (Wildman–Crippen MR) is 50.4 cm³/mol. The van der Waals surface area contributed by atoms with E-state index in [-0.39, 0.29) is 0 Å². The fourth-order valence-electron chi connectivity index (χ4n) is 0.701. The summed E-state index contributed by atoms with van der Waals surface area (Å²) in [4.78, 5) is 4.07. The van der Waals surface area contributed by atoms with E-state index in [9.17, 15) is 0 Å². The quantitative estimate of drug-likeness (QED) is 0.553. The lowest BCUT2D eigenvalue weighted by Crippen LogP contribution is -1.86. The van der Waals surface area contributed by atoms with E-state index in [1.165, 1.54) is 0 Å². The molecule has 1 heterocycles. The van der Waals surface area contributed by atoms with Crippen molar-refractivity contribution in [3.63, 3.8) is 0 Å². The first-order chi connectivity index (χ1) is 5.86. The Morgan fingerprint density at radius 3 is 3.08 bits per heavy atom. The molecule has 1 aromatic rings. The Balaban J connectivity index is 2.68. The first kappa shape index (κ1) is 9.37. The summed E-state index contributed by atoms with van der Waals surface area (Å²) in [5.74, 6) is 1.42. The molecule has 1 aromatic heterocycles. The highest BCUT2D eigenvalue weighted by molar-refractivity contribution is 7.99. The summed E-state index contributed by atoms with van der Waals surface area (Å²) in [5.41, 5.74) is 0.453. The van der Waals surface area contributed by atoms with E-state index in [1.807, 2.05) is 18.2 Å². The number of rotatable bonds is 3. The number of hydrogen-bond donors (Lipinski definition) is 0. The van der Waals surface area contributed by atoms with Crippen molar-refractivity contribution in [3.8, 4) is 6.07 Å². The van der Waals surface area contributed by atoms with Crippen LogP contribution < -0.4 is 0 Å². The molecule has 0 radical (unpaired) electrons. The second-order valence-electron chi connectivity index (χ2n) is 2.01. The van der Waals surface area contributed by atoms with Gasteiger partial charge in [0.1, 0.15) is 11.8 Å². The lowest BCUT2D eigenvalue weighted by atomic mass is 10.4. The molecule has 62 valence electrons. The van der Waals surface area contributed by atoms with Crippen molar-refractivity contribution >= 4 is 23.4 Å². The van der Waals surface area contributed by atoms with Crippen LogP contribution in [0.2, 0.25) is 0 Å². The third kappa shape index (κ3) is 2.72. The van der Waals surface area contributed by atoms with Crippen molar-refractivity contribution in [3.05, 3.63) is 23.9 Å². The molecule has 0 aliphatic heterocycles. The van der Waals surface area contributed by atoms with Crippen molar-refractivity contribution in [1.29, 1.82) is 5.26 Å². The molecule has 4 heteroatoms. The molecule has 12 heavy (non-hydrogen) atoms. The summed E-state index contributed by atoms with van der Waals surface area (Å²) >= 11 is 7.07. The molecule has 0 bridgehead atoms. The van der Waals surface area contributed by atoms with Crippen LogP contribution in [0.3, 0.4) is 0 Å². The summed E-state index contributed by atoms with van der Waals surface area (Å²) in [6.45, 7) is 0. The number of hydrogen-bond acceptors (Lipinski definition) is 3. The summed E-state index contributed by atoms with van der Waals surface area (Å²) < 4.78 is 0. The molecule has 0 unspecified atom stereocenters. The van der Waals surface area contributed by atoms with Crippen LogP contribution in [0, 0.1) is 11.3 Å². The van der Waals surface area contributed by atoms with Crippen molar-refractivity contribution in [2.45, 2.75) is 5.03 Å². The smallest absolute Gasteiger partial charge is 0.141 e. The van der Waals surface area contributed by atoms with E-state index in [0.717, 1.165) is 10.8 Å². The van der Waals surface area contributed by atoms with E-state index in [2.05, 4.69) is 4.98 Å². The van der Waals surface area contributed by atoms with Gasteiger partial charge in [0, 0.05) is 11.6 Å². The van der Waals surface area contributed by atoms with Crippen LogP contribution in [0.5, 0.6) is 0 Å². The van der Waals surface area contributed by atoms with Crippen LogP contribution in [-0.2, 0) is 0 Å². The summed E-state index contributed by atoms with van der Waals surface area (Å²) in [5, 5.41) is 9.40. The van der Waals surface area contributed by atoms with Crippen LogP contribution in [0.25, 0.3) is 0 Å². The Bertz CT molecular complexity index is 295. The molecule has 0 amide bonds. The molecule has 1 rings (SSSR count). The molecule has 0 spiro atoms. The van der Waals surface area contributed by atoms with E-state index >= 15 is 0 Å². The van der Waals surface area contributed by atoms with Gasteiger partial charge in [0.2, 0.25) is 0 Å². The maximum atomic E-state index is 8.54. The molecule has 0 saturated carbocycles. The molecular formula is C8H7ClN2S. The van der Waals surface area contributed by atoms with Gasteiger partial charge in [-0.3, -0.25) is 0 Å². The standard InChI is InChI=1S/C8H7ClN2S/c9-4-5-12-8-3-1-2-7(6-10)11-8/h1-3H,4-5H2. The second kappa shape index (κ2) is 5.02. The summed E-state index contributed by atoms with van der Waals surface area (Å²) in [6, 6.07) is 7.37. The Morgan fingerprint density at radius 2 is 2.42 bits per heavy atom. The minimum absolute atomic E-state index is 0.453. The molecule has 0 N–H and O–H groups in total. The maximum Gasteiger partial charge on any atom is 0.141 e. The number of alkyl halides is 1. The third-order valence-corrected chi connectivity index (χ3v) is 2.51. The van der Waals surface area contributed by atoms with Crippen molar-refractivity contribution in [2.75, 3.05) is 11.6 Å². The topological polar surface area (TPSA) is 36.7 Å². The SMILES string of the molecule is N#Cc1cccc(SCCCl)n1. The van der Waals surface area contributed by atoms with E-state index in [0.29, 0.717) is 11.6 Å². The minimum Gasteiger partial charge on any atom is -0.231 e. The molecular weight excluding hydrogens is 192 g/mol. The Morgan fingerprint density at radius 1 is 1.58 bits per heavy atom. The third-order valence-electron chi connectivity index (χ3n) is 1.17. The number of thioether (sulfide) groups is 1. The van der Waals surface area contributed by atoms with Gasteiger partial charge in [-0.25, -0.2) is 4.98 Å². The van der Waals surface area contributed by atoms with Gasteiger partial charge in [-0.2, -0.15) is 5.26 Å². The van der Waals surface area contributed by atoms with Crippen LogP contribution in [0.1, 0.15) is 5.69 Å². The molecule has 0 aromatic carbocycles. The summed E-state index contributed by atoms with van der Waals surface area (Å²) in [6.07, 6.45) is 0. The molecule has 2 nitrogen and oxygen atoms in total. The number of nitrogens with zero attached hydrogens (tertiary/aromatic N) is 2. The van der Waals surface area contributed by atoms with Crippen LogP contribution >= 0.6 is 23.4 Å². The first-order valence-corrected chi connectivity index (χ1v) is 4.95. The van der Waals surface area contributed by atoms with Gasteiger partial charge in [0.25, 0.3) is 0 Å². The van der Waals surface area contributed by atoms with Crippen molar-refractivity contribution < 1.29 is 0 Å². The maximum absolute atomic E-state index is 8.54. The lowest BCUT2D eigenvalue weighted by Gasteiger charge is -1.96. The Hall–Kier alpha value is -0.720. The van der Waals surface area contributed by atoms with E-state index in [1.54, 1.807) is 17.8 Å². The largest absolute Gasteiger partial charge is 0.231 e. The average Bonchev–Trinajstić information content (AvgIpc) is 2.15. The Kier molecular flexibility index (Phi) is 3.92. The molecule has 0 saturated heterocycles. The van der Waals surface area contributed by atoms with E-state index in [4.69, 9.17) is 16.9 Å². The second-order valence-corrected chi connectivity index (χ2v) is 3.50. The zero-order valence-corrected chi connectivity index (χ0v) is 7.90. The fourth-order valence-corrected chi connectivity index (χ4v) is 1.56. The zero-order chi connectivity index (χ0) is 8.81. The number of halogens is 1. The van der Waals surface area contributed by atoms with Crippen LogP contribution in [0.15, 0.2) is 23.2 Å². The number of nitriles is 1. The Labute approximate surface area is 80.6 Å². The van der Waals surface area contributed by atoms with Gasteiger partial charge in [0.15, 0.2) is 0 Å². The van der Waals surface area contributed by atoms with Gasteiger partial charge in [0.05, 0.1) is 5.03 Å². The minimum atomic E-state index is 0.453. The fraction of sp³-hybridized carbons (Fsp3) is 0.250. The number of pyridine rings is 1. The molecule has 0 atom stereocenters. The van der Waals surface area contributed by atoms with Crippen LogP contribution in [-0.4, -0.2) is 16.6 Å². The molecule has 0 fully saturated rings. The van der Waals surface area contributed by atoms with Crippen molar-refractivity contribution in [2.24, 2.45) is 0 Å². The first-order valence-electron chi connectivity index (χ1n) is 3.42. The normalized spacial score (nSPS) is 9.33. The predicted octanol–water partition coefficient (Wildman–Crippen LogP) is 2.28. The monoisotopic (exact) mass is 198 g/mol. The number of aromatic nitrogens is 1. The van der Waals surface area contributed by atoms with Gasteiger partial charge in [-0.1, -0.05) is 6.07 Å². The van der Waals surface area contributed by atoms with E-state index < -0.39 is 0 Å². The van der Waals surface area contributed by atoms with Crippen LogP contribution in [0.4, 0.5) is 0 Å². The average molecular weight is 199 g/mol. The van der Waals surface area contributed by atoms with Gasteiger partial charge in [-0.15, -0.1) is 23.4 Å². The van der Waals surface area contributed by atoms with Gasteiger partial charge < -0.3 is 0 Å². The summed E-state index contributed by atoms with van der Waals surface area (Å²) in [7, 11) is 0. The highest BCUT2D eigenvalue weighted by atomic mass is 35.5. The highest BCUT2D eigenvalue weighted by Gasteiger charge is 1.96. The zero-order valence-electron chi connectivity index (χ0n) is 6.33. The van der Waals surface area contributed by atoms with Gasteiger partial charge >= 0.3 is 0 Å². The highest BCUT2D eigenvalue weighted by Crippen LogP contribution is 2.14. The van der Waals surface area contributed by atoms with Crippen molar-refractivity contribution in [1.82, 2.24) is 4.98 Å². The molecule has 0 aliphatic carbocycles. The molecule has 0 aliphatic rings. The van der Waals surface area contributed by atoms with Gasteiger partial charge in [-0.05, 0) is 12.1 Å². The lowest BCUT2D eigenvalue weighted by molar-refractivity contribution is 1.10.